The van der Waals surface area contributed by atoms with Crippen molar-refractivity contribution in [3.8, 4) is 0 Å². The van der Waals surface area contributed by atoms with Crippen LogP contribution in [-0.4, -0.2) is 44.6 Å². The summed E-state index contributed by atoms with van der Waals surface area (Å²) in [6.45, 7) is 5.73. The van der Waals surface area contributed by atoms with Crippen LogP contribution in [0.3, 0.4) is 0 Å². The lowest BCUT2D eigenvalue weighted by molar-refractivity contribution is 0.0697. The summed E-state index contributed by atoms with van der Waals surface area (Å²) in [7, 11) is -3.29. The van der Waals surface area contributed by atoms with E-state index in [9.17, 15) is 13.2 Å². The van der Waals surface area contributed by atoms with Gasteiger partial charge in [0.15, 0.2) is 0 Å². The van der Waals surface area contributed by atoms with Crippen LogP contribution in [0.4, 0.5) is 5.69 Å². The maximum absolute atomic E-state index is 12.7. The number of hydrogen-bond acceptors (Lipinski definition) is 3. The largest absolute Gasteiger partial charge is 0.339 e. The third kappa shape index (κ3) is 3.09. The van der Waals surface area contributed by atoms with E-state index in [1.807, 2.05) is 17.9 Å². The average molecular weight is 336 g/mol. The van der Waals surface area contributed by atoms with E-state index in [2.05, 4.69) is 6.92 Å². The molecule has 6 heteroatoms. The van der Waals surface area contributed by atoms with Gasteiger partial charge in [0.1, 0.15) is 0 Å². The fraction of sp³-hybridized carbons (Fsp3) is 0.588. The maximum Gasteiger partial charge on any atom is 0.253 e. The molecule has 1 atom stereocenters. The van der Waals surface area contributed by atoms with Crippen molar-refractivity contribution in [2.75, 3.05) is 23.7 Å². The smallest absolute Gasteiger partial charge is 0.253 e. The first-order valence-corrected chi connectivity index (χ1v) is 10.0. The Labute approximate surface area is 138 Å². The average Bonchev–Trinajstić information content (AvgIpc) is 2.82. The summed E-state index contributed by atoms with van der Waals surface area (Å²) in [6.07, 6.45) is 3.98. The fourth-order valence-electron chi connectivity index (χ4n) is 3.64. The highest BCUT2D eigenvalue weighted by Crippen LogP contribution is 2.35. The Morgan fingerprint density at radius 1 is 1.17 bits per heavy atom. The van der Waals surface area contributed by atoms with Gasteiger partial charge < -0.3 is 4.90 Å². The summed E-state index contributed by atoms with van der Waals surface area (Å²) < 4.78 is 25.4. The summed E-state index contributed by atoms with van der Waals surface area (Å²) in [4.78, 5) is 14.6. The number of nitrogens with zero attached hydrogens (tertiary/aromatic N) is 2. The molecule has 1 fully saturated rings. The number of amides is 1. The van der Waals surface area contributed by atoms with Crippen LogP contribution in [0.15, 0.2) is 18.2 Å². The number of carbonyl (C=O) groups is 1. The molecule has 2 aliphatic rings. The van der Waals surface area contributed by atoms with Gasteiger partial charge in [-0.05, 0) is 55.9 Å². The lowest BCUT2D eigenvalue weighted by Crippen LogP contribution is -2.37. The Hall–Kier alpha value is -1.56. The topological polar surface area (TPSA) is 57.7 Å². The quantitative estimate of drug-likeness (QED) is 0.832. The molecule has 0 saturated carbocycles. The zero-order valence-electron chi connectivity index (χ0n) is 13.9. The molecule has 0 bridgehead atoms. The van der Waals surface area contributed by atoms with Crippen molar-refractivity contribution in [2.24, 2.45) is 5.92 Å². The molecule has 1 saturated heterocycles. The normalized spacial score (nSPS) is 22.3. The summed E-state index contributed by atoms with van der Waals surface area (Å²) >= 11 is 0. The Balaban J connectivity index is 1.85. The zero-order chi connectivity index (χ0) is 16.8. The van der Waals surface area contributed by atoms with Gasteiger partial charge in [-0.3, -0.25) is 9.10 Å². The van der Waals surface area contributed by atoms with E-state index in [1.54, 1.807) is 12.1 Å². The third-order valence-electron chi connectivity index (χ3n) is 4.91. The van der Waals surface area contributed by atoms with Crippen molar-refractivity contribution in [3.63, 3.8) is 0 Å². The SMILES string of the molecule is CC1CCN(C(=O)c2ccc3c(c2)C[C@@H](C)N3S(C)(=O)=O)CC1. The van der Waals surface area contributed by atoms with Gasteiger partial charge >= 0.3 is 0 Å². The van der Waals surface area contributed by atoms with Crippen molar-refractivity contribution in [1.82, 2.24) is 4.90 Å². The molecule has 0 unspecified atom stereocenters. The highest BCUT2D eigenvalue weighted by molar-refractivity contribution is 7.92. The molecule has 126 valence electrons. The first kappa shape index (κ1) is 16.3. The fourth-order valence-corrected chi connectivity index (χ4v) is 4.90. The Kier molecular flexibility index (Phi) is 4.12. The van der Waals surface area contributed by atoms with E-state index in [-0.39, 0.29) is 11.9 Å². The molecular formula is C17H24N2O3S. The van der Waals surface area contributed by atoms with Crippen LogP contribution in [0.1, 0.15) is 42.6 Å². The summed E-state index contributed by atoms with van der Waals surface area (Å²) in [5.41, 5.74) is 2.32. The number of benzene rings is 1. The second-order valence-electron chi connectivity index (χ2n) is 6.93. The van der Waals surface area contributed by atoms with Crippen LogP contribution in [-0.2, 0) is 16.4 Å². The number of carbonyl (C=O) groups excluding carboxylic acids is 1. The van der Waals surface area contributed by atoms with E-state index in [1.165, 1.54) is 10.6 Å². The van der Waals surface area contributed by atoms with Crippen LogP contribution in [0.25, 0.3) is 0 Å². The molecule has 0 N–H and O–H groups in total. The third-order valence-corrected chi connectivity index (χ3v) is 6.18. The standard InChI is InChI=1S/C17H24N2O3S/c1-12-6-8-18(9-7-12)17(20)14-4-5-16-15(11-14)10-13(2)19(16)23(3,21)22/h4-5,11-13H,6-10H2,1-3H3/t13-/m1/s1. The van der Waals surface area contributed by atoms with E-state index in [4.69, 9.17) is 0 Å². The predicted molar refractivity (Wildman–Crippen MR) is 91.2 cm³/mol. The number of hydrogen-bond donors (Lipinski definition) is 0. The van der Waals surface area contributed by atoms with Gasteiger partial charge in [0, 0.05) is 24.7 Å². The van der Waals surface area contributed by atoms with Crippen molar-refractivity contribution in [2.45, 2.75) is 39.2 Å². The molecular weight excluding hydrogens is 312 g/mol. The molecule has 5 nitrogen and oxygen atoms in total. The minimum Gasteiger partial charge on any atom is -0.339 e. The molecule has 0 radical (unpaired) electrons. The molecule has 0 spiro atoms. The summed E-state index contributed by atoms with van der Waals surface area (Å²) in [5, 5.41) is 0. The van der Waals surface area contributed by atoms with E-state index in [0.717, 1.165) is 31.5 Å². The predicted octanol–water partition coefficient (Wildman–Crippen LogP) is 2.27. The minimum absolute atomic E-state index is 0.0603. The monoisotopic (exact) mass is 336 g/mol. The second kappa shape index (κ2) is 5.82. The van der Waals surface area contributed by atoms with Crippen LogP contribution >= 0.6 is 0 Å². The molecule has 1 aromatic carbocycles. The highest BCUT2D eigenvalue weighted by atomic mass is 32.2. The molecule has 0 aromatic heterocycles. The van der Waals surface area contributed by atoms with Gasteiger partial charge in [0.2, 0.25) is 10.0 Å². The lowest BCUT2D eigenvalue weighted by atomic mass is 9.98. The van der Waals surface area contributed by atoms with Gasteiger partial charge in [-0.2, -0.15) is 0 Å². The molecule has 2 heterocycles. The molecule has 1 aromatic rings. The lowest BCUT2D eigenvalue weighted by Gasteiger charge is -2.30. The zero-order valence-corrected chi connectivity index (χ0v) is 14.8. The number of likely N-dealkylation sites (tertiary alicyclic amines) is 1. The molecule has 3 rings (SSSR count). The number of rotatable bonds is 2. The van der Waals surface area contributed by atoms with Crippen LogP contribution < -0.4 is 4.31 Å². The number of piperidine rings is 1. The first-order chi connectivity index (χ1) is 10.8. The van der Waals surface area contributed by atoms with Gasteiger partial charge in [0.05, 0.1) is 11.9 Å². The van der Waals surface area contributed by atoms with Crippen molar-refractivity contribution in [1.29, 1.82) is 0 Å². The Morgan fingerprint density at radius 2 is 1.83 bits per heavy atom. The van der Waals surface area contributed by atoms with E-state index >= 15 is 0 Å². The minimum atomic E-state index is -3.29. The van der Waals surface area contributed by atoms with Crippen LogP contribution in [0.2, 0.25) is 0 Å². The van der Waals surface area contributed by atoms with Gasteiger partial charge in [-0.1, -0.05) is 6.92 Å². The molecule has 0 aliphatic carbocycles. The molecule has 23 heavy (non-hydrogen) atoms. The maximum atomic E-state index is 12.7. The van der Waals surface area contributed by atoms with E-state index < -0.39 is 10.0 Å². The van der Waals surface area contributed by atoms with Gasteiger partial charge in [-0.25, -0.2) is 8.42 Å². The van der Waals surface area contributed by atoms with E-state index in [0.29, 0.717) is 23.6 Å². The Morgan fingerprint density at radius 3 is 2.43 bits per heavy atom. The highest BCUT2D eigenvalue weighted by Gasteiger charge is 2.33. The summed E-state index contributed by atoms with van der Waals surface area (Å²) in [5.74, 6) is 0.744. The number of anilines is 1. The van der Waals surface area contributed by atoms with Crippen molar-refractivity contribution < 1.29 is 13.2 Å². The number of sulfonamides is 1. The van der Waals surface area contributed by atoms with Gasteiger partial charge in [-0.15, -0.1) is 0 Å². The molecule has 1 amide bonds. The van der Waals surface area contributed by atoms with Gasteiger partial charge in [0.25, 0.3) is 5.91 Å². The van der Waals surface area contributed by atoms with Crippen LogP contribution in [0.5, 0.6) is 0 Å². The first-order valence-electron chi connectivity index (χ1n) is 8.19. The second-order valence-corrected chi connectivity index (χ2v) is 8.79. The summed E-state index contributed by atoms with van der Waals surface area (Å²) in [6, 6.07) is 5.31. The van der Waals surface area contributed by atoms with Crippen molar-refractivity contribution in [3.05, 3.63) is 29.3 Å². The molecule has 2 aliphatic heterocycles. The van der Waals surface area contributed by atoms with Crippen LogP contribution in [0, 0.1) is 5.92 Å². The Bertz CT molecular complexity index is 721. The van der Waals surface area contributed by atoms with Crippen molar-refractivity contribution >= 4 is 21.6 Å². The number of fused-ring (bicyclic) bond motifs is 1.